The number of nitrogens with one attached hydrogen (secondary N) is 3. The van der Waals surface area contributed by atoms with E-state index in [4.69, 9.17) is 0 Å². The quantitative estimate of drug-likeness (QED) is 0.406. The standard InChI is InChI=1S/C17H23N5OS/c1-13(15-6-4-10-24-15)11-22-17(18-2)21-9-8-20-16(23)14-5-3-7-19-12-14/h3-7,10,12-13H,8-9,11H2,1-2H3,(H,20,23)(H2,18,21,22). The number of nitrogens with zero attached hydrogens (tertiary/aromatic N) is 2. The van der Waals surface area contributed by atoms with Crippen LogP contribution in [-0.4, -0.2) is 43.5 Å². The number of guanidine groups is 1. The van der Waals surface area contributed by atoms with Crippen molar-refractivity contribution in [3.05, 3.63) is 52.5 Å². The van der Waals surface area contributed by atoms with Gasteiger partial charge in [-0.25, -0.2) is 0 Å². The summed E-state index contributed by atoms with van der Waals surface area (Å²) >= 11 is 1.76. The highest BCUT2D eigenvalue weighted by molar-refractivity contribution is 7.10. The van der Waals surface area contributed by atoms with E-state index in [0.717, 1.165) is 12.5 Å². The zero-order valence-electron chi connectivity index (χ0n) is 14.0. The van der Waals surface area contributed by atoms with Gasteiger partial charge in [0.2, 0.25) is 0 Å². The zero-order chi connectivity index (χ0) is 17.2. The van der Waals surface area contributed by atoms with Crippen LogP contribution in [0.1, 0.15) is 28.1 Å². The summed E-state index contributed by atoms with van der Waals surface area (Å²) < 4.78 is 0. The molecule has 7 heteroatoms. The first kappa shape index (κ1) is 17.9. The maximum Gasteiger partial charge on any atom is 0.252 e. The second-order valence-corrected chi connectivity index (χ2v) is 6.27. The third-order valence-corrected chi connectivity index (χ3v) is 4.56. The van der Waals surface area contributed by atoms with Gasteiger partial charge in [0.05, 0.1) is 5.56 Å². The van der Waals surface area contributed by atoms with Gasteiger partial charge in [-0.05, 0) is 23.6 Å². The van der Waals surface area contributed by atoms with Crippen LogP contribution in [0.25, 0.3) is 0 Å². The molecule has 3 N–H and O–H groups in total. The lowest BCUT2D eigenvalue weighted by Crippen LogP contribution is -2.42. The van der Waals surface area contributed by atoms with Crippen molar-refractivity contribution in [3.8, 4) is 0 Å². The maximum absolute atomic E-state index is 11.9. The molecule has 0 fully saturated rings. The zero-order valence-corrected chi connectivity index (χ0v) is 14.8. The molecule has 2 heterocycles. The summed E-state index contributed by atoms with van der Waals surface area (Å²) in [6, 6.07) is 7.69. The van der Waals surface area contributed by atoms with Gasteiger partial charge in [-0.15, -0.1) is 11.3 Å². The van der Waals surface area contributed by atoms with Crippen molar-refractivity contribution in [1.29, 1.82) is 0 Å². The summed E-state index contributed by atoms with van der Waals surface area (Å²) in [5, 5.41) is 11.4. The molecule has 1 unspecified atom stereocenters. The highest BCUT2D eigenvalue weighted by atomic mass is 32.1. The fourth-order valence-corrected chi connectivity index (χ4v) is 2.89. The maximum atomic E-state index is 11.9. The van der Waals surface area contributed by atoms with Gasteiger partial charge in [-0.3, -0.25) is 14.8 Å². The fraction of sp³-hybridized carbons (Fsp3) is 0.353. The molecule has 0 aliphatic heterocycles. The molecule has 0 aliphatic rings. The predicted molar refractivity (Wildman–Crippen MR) is 98.7 cm³/mol. The molecular formula is C17H23N5OS. The minimum absolute atomic E-state index is 0.126. The Labute approximate surface area is 146 Å². The first-order valence-electron chi connectivity index (χ1n) is 7.87. The number of hydrogen-bond acceptors (Lipinski definition) is 4. The number of hydrogen-bond donors (Lipinski definition) is 3. The topological polar surface area (TPSA) is 78.4 Å². The minimum Gasteiger partial charge on any atom is -0.356 e. The Hall–Kier alpha value is -2.41. The van der Waals surface area contributed by atoms with Gasteiger partial charge in [0.1, 0.15) is 0 Å². The number of carbonyl (C=O) groups is 1. The number of pyridine rings is 1. The van der Waals surface area contributed by atoms with Gasteiger partial charge in [-0.2, -0.15) is 0 Å². The molecule has 0 bridgehead atoms. The van der Waals surface area contributed by atoms with Crippen LogP contribution in [0.4, 0.5) is 0 Å². The van der Waals surface area contributed by atoms with Crippen molar-refractivity contribution in [3.63, 3.8) is 0 Å². The van der Waals surface area contributed by atoms with Gasteiger partial charge < -0.3 is 16.0 Å². The molecule has 2 aromatic heterocycles. The van der Waals surface area contributed by atoms with E-state index in [1.807, 2.05) is 0 Å². The van der Waals surface area contributed by atoms with E-state index in [-0.39, 0.29) is 5.91 Å². The largest absolute Gasteiger partial charge is 0.356 e. The van der Waals surface area contributed by atoms with Crippen molar-refractivity contribution in [1.82, 2.24) is 20.9 Å². The molecule has 1 atom stereocenters. The third kappa shape index (κ3) is 5.66. The molecule has 2 aromatic rings. The molecule has 128 valence electrons. The van der Waals surface area contributed by atoms with Gasteiger partial charge in [-0.1, -0.05) is 13.0 Å². The van der Waals surface area contributed by atoms with Crippen LogP contribution in [0.2, 0.25) is 0 Å². The SMILES string of the molecule is CN=C(NCCNC(=O)c1cccnc1)NCC(C)c1cccs1. The van der Waals surface area contributed by atoms with E-state index >= 15 is 0 Å². The molecule has 1 amide bonds. The molecule has 0 aromatic carbocycles. The number of amides is 1. The molecule has 6 nitrogen and oxygen atoms in total. The van der Waals surface area contributed by atoms with Gasteiger partial charge >= 0.3 is 0 Å². The first-order chi connectivity index (χ1) is 11.7. The summed E-state index contributed by atoms with van der Waals surface area (Å²) in [5.74, 6) is 1.03. The van der Waals surface area contributed by atoms with E-state index < -0.39 is 0 Å². The smallest absolute Gasteiger partial charge is 0.252 e. The molecule has 0 aliphatic carbocycles. The molecule has 0 saturated heterocycles. The predicted octanol–water partition coefficient (Wildman–Crippen LogP) is 1.84. The highest BCUT2D eigenvalue weighted by Crippen LogP contribution is 2.19. The van der Waals surface area contributed by atoms with Crippen molar-refractivity contribution in [2.75, 3.05) is 26.7 Å². The monoisotopic (exact) mass is 345 g/mol. The lowest BCUT2D eigenvalue weighted by molar-refractivity contribution is 0.0954. The molecule has 0 saturated carbocycles. The van der Waals surface area contributed by atoms with Crippen LogP contribution in [0.15, 0.2) is 47.0 Å². The lowest BCUT2D eigenvalue weighted by Gasteiger charge is -2.15. The Bertz CT molecular complexity index is 642. The highest BCUT2D eigenvalue weighted by Gasteiger charge is 2.08. The van der Waals surface area contributed by atoms with Crippen LogP contribution in [0.5, 0.6) is 0 Å². The van der Waals surface area contributed by atoms with Crippen LogP contribution in [0, 0.1) is 0 Å². The van der Waals surface area contributed by atoms with Crippen molar-refractivity contribution >= 4 is 23.2 Å². The second kappa shape index (κ2) is 9.67. The molecule has 24 heavy (non-hydrogen) atoms. The summed E-state index contributed by atoms with van der Waals surface area (Å²) in [5.41, 5.74) is 0.560. The van der Waals surface area contributed by atoms with Crippen LogP contribution < -0.4 is 16.0 Å². The van der Waals surface area contributed by atoms with E-state index in [1.54, 1.807) is 42.9 Å². The summed E-state index contributed by atoms with van der Waals surface area (Å²) in [7, 11) is 1.74. The second-order valence-electron chi connectivity index (χ2n) is 5.29. The average Bonchev–Trinajstić information content (AvgIpc) is 3.16. The van der Waals surface area contributed by atoms with Crippen molar-refractivity contribution in [2.24, 2.45) is 4.99 Å². The fourth-order valence-electron chi connectivity index (χ4n) is 2.10. The lowest BCUT2D eigenvalue weighted by atomic mass is 10.1. The number of carbonyl (C=O) groups excluding carboxylic acids is 1. The van der Waals surface area contributed by atoms with E-state index in [9.17, 15) is 4.79 Å². The number of aromatic nitrogens is 1. The Morgan fingerprint density at radius 2 is 2.08 bits per heavy atom. The first-order valence-corrected chi connectivity index (χ1v) is 8.75. The summed E-state index contributed by atoms with van der Waals surface area (Å²) in [6.45, 7) is 4.09. The molecule has 0 spiro atoms. The number of aliphatic imine (C=N–C) groups is 1. The summed E-state index contributed by atoms with van der Waals surface area (Å²) in [4.78, 5) is 21.4. The van der Waals surface area contributed by atoms with Crippen molar-refractivity contribution in [2.45, 2.75) is 12.8 Å². The Morgan fingerprint density at radius 3 is 2.75 bits per heavy atom. The Morgan fingerprint density at radius 1 is 1.25 bits per heavy atom. The molecular weight excluding hydrogens is 322 g/mol. The Kier molecular flexibility index (Phi) is 7.22. The van der Waals surface area contributed by atoms with E-state index in [1.165, 1.54) is 4.88 Å². The van der Waals surface area contributed by atoms with E-state index in [2.05, 4.69) is 50.4 Å². The van der Waals surface area contributed by atoms with Crippen molar-refractivity contribution < 1.29 is 4.79 Å². The number of rotatable bonds is 7. The molecule has 0 radical (unpaired) electrons. The third-order valence-electron chi connectivity index (χ3n) is 3.45. The average molecular weight is 345 g/mol. The number of thiophene rings is 1. The van der Waals surface area contributed by atoms with Crippen LogP contribution >= 0.6 is 11.3 Å². The van der Waals surface area contributed by atoms with Gasteiger partial charge in [0.15, 0.2) is 5.96 Å². The van der Waals surface area contributed by atoms with Crippen LogP contribution in [0.3, 0.4) is 0 Å². The van der Waals surface area contributed by atoms with E-state index in [0.29, 0.717) is 24.6 Å². The normalized spacial score (nSPS) is 12.5. The summed E-state index contributed by atoms with van der Waals surface area (Å²) in [6.07, 6.45) is 3.19. The molecule has 2 rings (SSSR count). The van der Waals surface area contributed by atoms with Gasteiger partial charge in [0.25, 0.3) is 5.91 Å². The van der Waals surface area contributed by atoms with Gasteiger partial charge in [0, 0.05) is 49.9 Å². The Balaban J connectivity index is 1.66. The van der Waals surface area contributed by atoms with Crippen LogP contribution in [-0.2, 0) is 0 Å². The minimum atomic E-state index is -0.126.